The maximum atomic E-state index is 10.9. The molecule has 0 aromatic heterocycles. The maximum Gasteiger partial charge on any atom is 0.307 e. The minimum Gasteiger partial charge on any atom is -0.466 e. The molecule has 0 aromatic rings. The van der Waals surface area contributed by atoms with Crippen LogP contribution in [0.3, 0.4) is 0 Å². The summed E-state index contributed by atoms with van der Waals surface area (Å²) in [7, 11) is 0. The highest BCUT2D eigenvalue weighted by molar-refractivity contribution is 5.72. The van der Waals surface area contributed by atoms with Crippen LogP contribution in [0.1, 0.15) is 27.2 Å². The topological polar surface area (TPSA) is 67.4 Å². The van der Waals surface area contributed by atoms with Crippen LogP contribution in [0.2, 0.25) is 0 Å². The standard InChI is InChI=1S/C8H16N2O3/c1-4-13-8(12)5-6(2)9-10-7(3)11/h6,9H,4-5H2,1-3H3,(H,10,11). The summed E-state index contributed by atoms with van der Waals surface area (Å²) in [4.78, 5) is 21.4. The van der Waals surface area contributed by atoms with Gasteiger partial charge in [-0.15, -0.1) is 0 Å². The molecule has 0 radical (unpaired) electrons. The Morgan fingerprint density at radius 3 is 2.54 bits per heavy atom. The highest BCUT2D eigenvalue weighted by atomic mass is 16.5. The quantitative estimate of drug-likeness (QED) is 0.469. The number of rotatable bonds is 5. The fourth-order valence-electron chi connectivity index (χ4n) is 0.746. The zero-order valence-electron chi connectivity index (χ0n) is 8.22. The molecule has 1 amide bonds. The number of amides is 1. The third-order valence-electron chi connectivity index (χ3n) is 1.27. The molecule has 1 atom stereocenters. The van der Waals surface area contributed by atoms with E-state index in [0.717, 1.165) is 0 Å². The van der Waals surface area contributed by atoms with Gasteiger partial charge in [0.15, 0.2) is 0 Å². The van der Waals surface area contributed by atoms with E-state index in [1.165, 1.54) is 6.92 Å². The first-order valence-electron chi connectivity index (χ1n) is 4.24. The van der Waals surface area contributed by atoms with Crippen LogP contribution in [0.15, 0.2) is 0 Å². The minimum absolute atomic E-state index is 0.122. The fraction of sp³-hybridized carbons (Fsp3) is 0.750. The van der Waals surface area contributed by atoms with E-state index in [4.69, 9.17) is 4.74 Å². The number of carbonyl (C=O) groups excluding carboxylic acids is 2. The average molecular weight is 188 g/mol. The Balaban J connectivity index is 3.55. The molecule has 0 saturated heterocycles. The Labute approximate surface area is 77.8 Å². The van der Waals surface area contributed by atoms with E-state index >= 15 is 0 Å². The van der Waals surface area contributed by atoms with Crippen molar-refractivity contribution in [3.8, 4) is 0 Å². The lowest BCUT2D eigenvalue weighted by Crippen LogP contribution is -2.42. The van der Waals surface area contributed by atoms with Crippen molar-refractivity contribution in [3.63, 3.8) is 0 Å². The van der Waals surface area contributed by atoms with Crippen LogP contribution in [0.4, 0.5) is 0 Å². The molecule has 0 aliphatic carbocycles. The number of esters is 1. The van der Waals surface area contributed by atoms with Crippen molar-refractivity contribution < 1.29 is 14.3 Å². The zero-order chi connectivity index (χ0) is 10.3. The molecule has 0 aliphatic rings. The Hall–Kier alpha value is -1.10. The van der Waals surface area contributed by atoms with Gasteiger partial charge in [-0.1, -0.05) is 0 Å². The summed E-state index contributed by atoms with van der Waals surface area (Å²) in [5.74, 6) is -0.455. The van der Waals surface area contributed by atoms with Gasteiger partial charge in [-0.3, -0.25) is 15.0 Å². The minimum atomic E-state index is -0.271. The largest absolute Gasteiger partial charge is 0.466 e. The van der Waals surface area contributed by atoms with Gasteiger partial charge in [0, 0.05) is 13.0 Å². The summed E-state index contributed by atoms with van der Waals surface area (Å²) in [6.07, 6.45) is 0.244. The first kappa shape index (κ1) is 11.9. The summed E-state index contributed by atoms with van der Waals surface area (Å²) < 4.78 is 4.73. The number of nitrogens with one attached hydrogen (secondary N) is 2. The smallest absolute Gasteiger partial charge is 0.307 e. The monoisotopic (exact) mass is 188 g/mol. The van der Waals surface area contributed by atoms with Gasteiger partial charge in [-0.2, -0.15) is 0 Å². The lowest BCUT2D eigenvalue weighted by atomic mass is 10.2. The van der Waals surface area contributed by atoms with Crippen LogP contribution >= 0.6 is 0 Å². The van der Waals surface area contributed by atoms with Crippen LogP contribution in [-0.2, 0) is 14.3 Å². The normalized spacial score (nSPS) is 11.9. The second-order valence-corrected chi connectivity index (χ2v) is 2.74. The van der Waals surface area contributed by atoms with E-state index < -0.39 is 0 Å². The molecular weight excluding hydrogens is 172 g/mol. The molecule has 0 fully saturated rings. The lowest BCUT2D eigenvalue weighted by molar-refractivity contribution is -0.143. The summed E-state index contributed by atoms with van der Waals surface area (Å²) in [5.41, 5.74) is 5.07. The summed E-state index contributed by atoms with van der Waals surface area (Å²) >= 11 is 0. The molecular formula is C8H16N2O3. The van der Waals surface area contributed by atoms with Crippen LogP contribution in [0.25, 0.3) is 0 Å². The van der Waals surface area contributed by atoms with Crippen molar-refractivity contribution >= 4 is 11.9 Å². The Bertz CT molecular complexity index is 182. The van der Waals surface area contributed by atoms with Gasteiger partial charge in [-0.25, -0.2) is 5.43 Å². The molecule has 0 saturated carbocycles. The van der Waals surface area contributed by atoms with E-state index in [1.54, 1.807) is 13.8 Å². The van der Waals surface area contributed by atoms with E-state index in [2.05, 4.69) is 10.9 Å². The molecule has 0 aromatic carbocycles. The van der Waals surface area contributed by atoms with Crippen molar-refractivity contribution in [2.24, 2.45) is 0 Å². The van der Waals surface area contributed by atoms with E-state index in [-0.39, 0.29) is 24.3 Å². The number of hydrazine groups is 1. The fourth-order valence-corrected chi connectivity index (χ4v) is 0.746. The number of hydrogen-bond donors (Lipinski definition) is 2. The first-order chi connectivity index (χ1) is 6.06. The van der Waals surface area contributed by atoms with Gasteiger partial charge in [0.05, 0.1) is 13.0 Å². The Morgan fingerprint density at radius 1 is 1.46 bits per heavy atom. The third-order valence-corrected chi connectivity index (χ3v) is 1.27. The van der Waals surface area contributed by atoms with Crippen molar-refractivity contribution in [1.82, 2.24) is 10.9 Å². The van der Waals surface area contributed by atoms with Crippen LogP contribution < -0.4 is 10.9 Å². The molecule has 0 spiro atoms. The molecule has 1 unspecified atom stereocenters. The molecule has 13 heavy (non-hydrogen) atoms. The molecule has 5 nitrogen and oxygen atoms in total. The van der Waals surface area contributed by atoms with Gasteiger partial charge >= 0.3 is 5.97 Å². The highest BCUT2D eigenvalue weighted by Gasteiger charge is 2.08. The van der Waals surface area contributed by atoms with Gasteiger partial charge < -0.3 is 4.74 Å². The second-order valence-electron chi connectivity index (χ2n) is 2.74. The SMILES string of the molecule is CCOC(=O)CC(C)NNC(C)=O. The molecule has 5 heteroatoms. The molecule has 0 aliphatic heterocycles. The number of hydrogen-bond acceptors (Lipinski definition) is 4. The highest BCUT2D eigenvalue weighted by Crippen LogP contribution is 1.92. The molecule has 76 valence electrons. The molecule has 0 heterocycles. The van der Waals surface area contributed by atoms with Gasteiger partial charge in [0.25, 0.3) is 0 Å². The second kappa shape index (κ2) is 6.42. The van der Waals surface area contributed by atoms with Crippen molar-refractivity contribution in [1.29, 1.82) is 0 Å². The third kappa shape index (κ3) is 7.27. The van der Waals surface area contributed by atoms with Crippen LogP contribution in [0.5, 0.6) is 0 Å². The molecule has 0 rings (SSSR count). The van der Waals surface area contributed by atoms with Gasteiger partial charge in [0.1, 0.15) is 0 Å². The summed E-state index contributed by atoms with van der Waals surface area (Å²) in [6, 6.07) is -0.122. The summed E-state index contributed by atoms with van der Waals surface area (Å²) in [5, 5.41) is 0. The Kier molecular flexibility index (Phi) is 5.88. The maximum absolute atomic E-state index is 10.9. The van der Waals surface area contributed by atoms with Crippen molar-refractivity contribution in [2.75, 3.05) is 6.61 Å². The lowest BCUT2D eigenvalue weighted by Gasteiger charge is -2.12. The summed E-state index contributed by atoms with van der Waals surface area (Å²) in [6.45, 7) is 5.31. The van der Waals surface area contributed by atoms with E-state index in [1.807, 2.05) is 0 Å². The van der Waals surface area contributed by atoms with Crippen molar-refractivity contribution in [2.45, 2.75) is 33.2 Å². The van der Waals surface area contributed by atoms with Crippen LogP contribution in [-0.4, -0.2) is 24.5 Å². The number of ether oxygens (including phenoxy) is 1. The zero-order valence-corrected chi connectivity index (χ0v) is 8.22. The predicted molar refractivity (Wildman–Crippen MR) is 47.7 cm³/mol. The van der Waals surface area contributed by atoms with E-state index in [0.29, 0.717) is 6.61 Å². The predicted octanol–water partition coefficient (Wildman–Crippen LogP) is -0.0312. The van der Waals surface area contributed by atoms with Crippen molar-refractivity contribution in [3.05, 3.63) is 0 Å². The van der Waals surface area contributed by atoms with Gasteiger partial charge in [0.2, 0.25) is 5.91 Å². The van der Waals surface area contributed by atoms with Gasteiger partial charge in [-0.05, 0) is 13.8 Å². The van der Waals surface area contributed by atoms with E-state index in [9.17, 15) is 9.59 Å². The number of carbonyl (C=O) groups is 2. The van der Waals surface area contributed by atoms with Crippen LogP contribution in [0, 0.1) is 0 Å². The average Bonchev–Trinajstić information content (AvgIpc) is 2.01. The Morgan fingerprint density at radius 2 is 2.08 bits per heavy atom. The molecule has 2 N–H and O–H groups in total. The first-order valence-corrected chi connectivity index (χ1v) is 4.24. The molecule has 0 bridgehead atoms.